The lowest BCUT2D eigenvalue weighted by atomic mass is 9.69. The van der Waals surface area contributed by atoms with Crippen molar-refractivity contribution >= 4 is 11.4 Å². The molecule has 2 saturated heterocycles. The van der Waals surface area contributed by atoms with E-state index in [9.17, 15) is 4.55 Å². The van der Waals surface area contributed by atoms with Crippen molar-refractivity contribution in [2.45, 2.75) is 76.9 Å². The molecule has 0 bridgehead atoms. The zero-order valence-electron chi connectivity index (χ0n) is 14.5. The standard InChI is InChI=1S/C17H30N2O2S/c1-11-10-13(11)15-17(6-8-18-9-7-17)14(12(2)21-15)19-22(20)16(3,4)5/h12,14-15,18-19H,6-10H2,1-5H3/t12-,14+,15?,22?/m0/s1. The number of piperidine rings is 1. The molecule has 2 aliphatic heterocycles. The molecule has 126 valence electrons. The van der Waals surface area contributed by atoms with E-state index in [0.29, 0.717) is 0 Å². The van der Waals surface area contributed by atoms with Gasteiger partial charge >= 0.3 is 0 Å². The summed E-state index contributed by atoms with van der Waals surface area (Å²) in [5.74, 6) is 0. The molecule has 0 aromatic heterocycles. The van der Waals surface area contributed by atoms with Crippen LogP contribution in [0.3, 0.4) is 0 Å². The SMILES string of the molecule is CC1=C(C2O[C@@H](C)[C@@H](N[S+]([O-])C(C)(C)C)C23CCNCC3)C1. The van der Waals surface area contributed by atoms with Gasteiger partial charge in [-0.25, -0.2) is 0 Å². The highest BCUT2D eigenvalue weighted by Gasteiger charge is 2.59. The fraction of sp³-hybridized carbons (Fsp3) is 0.882. The van der Waals surface area contributed by atoms with Gasteiger partial charge < -0.3 is 14.6 Å². The lowest BCUT2D eigenvalue weighted by molar-refractivity contribution is 0.0349. The van der Waals surface area contributed by atoms with Crippen molar-refractivity contribution in [3.05, 3.63) is 11.1 Å². The second-order valence-electron chi connectivity index (χ2n) is 8.16. The Morgan fingerprint density at radius 3 is 2.41 bits per heavy atom. The minimum absolute atomic E-state index is 0.0959. The maximum Gasteiger partial charge on any atom is 0.136 e. The van der Waals surface area contributed by atoms with Crippen molar-refractivity contribution in [2.75, 3.05) is 13.1 Å². The van der Waals surface area contributed by atoms with Crippen LogP contribution in [0.5, 0.6) is 0 Å². The normalized spacial score (nSPS) is 36.0. The average Bonchev–Trinajstić information content (AvgIpc) is 3.11. The van der Waals surface area contributed by atoms with Gasteiger partial charge in [0.05, 0.1) is 18.2 Å². The molecule has 3 aliphatic rings. The van der Waals surface area contributed by atoms with Gasteiger partial charge in [0.2, 0.25) is 0 Å². The Hall–Kier alpha value is -0.0700. The summed E-state index contributed by atoms with van der Waals surface area (Å²) >= 11 is -1.06. The molecule has 5 heteroatoms. The number of rotatable bonds is 3. The summed E-state index contributed by atoms with van der Waals surface area (Å²) < 4.78 is 22.3. The first-order valence-corrected chi connectivity index (χ1v) is 9.63. The third-order valence-electron chi connectivity index (χ3n) is 5.48. The summed E-state index contributed by atoms with van der Waals surface area (Å²) in [5.41, 5.74) is 3.09. The second-order valence-corrected chi connectivity index (χ2v) is 10.2. The fourth-order valence-electron chi connectivity index (χ4n) is 4.02. The van der Waals surface area contributed by atoms with Gasteiger partial charge in [0, 0.05) is 16.8 Å². The first kappa shape index (κ1) is 16.8. The zero-order chi connectivity index (χ0) is 16.1. The topological polar surface area (TPSA) is 56.3 Å². The Balaban J connectivity index is 1.86. The summed E-state index contributed by atoms with van der Waals surface area (Å²) in [6.45, 7) is 12.5. The molecule has 0 aromatic carbocycles. The monoisotopic (exact) mass is 326 g/mol. The highest BCUT2D eigenvalue weighted by Crippen LogP contribution is 2.53. The molecule has 2 heterocycles. The molecule has 0 radical (unpaired) electrons. The highest BCUT2D eigenvalue weighted by molar-refractivity contribution is 7.90. The van der Waals surface area contributed by atoms with Crippen molar-refractivity contribution in [3.63, 3.8) is 0 Å². The van der Waals surface area contributed by atoms with Crippen LogP contribution in [0.2, 0.25) is 0 Å². The van der Waals surface area contributed by atoms with Crippen LogP contribution in [0.15, 0.2) is 11.1 Å². The molecule has 0 aromatic rings. The molecule has 2 N–H and O–H groups in total. The molecule has 22 heavy (non-hydrogen) atoms. The number of hydrogen-bond acceptors (Lipinski definition) is 4. The average molecular weight is 327 g/mol. The molecule has 4 nitrogen and oxygen atoms in total. The minimum Gasteiger partial charge on any atom is -0.598 e. The number of hydrogen-bond donors (Lipinski definition) is 2. The third kappa shape index (κ3) is 2.86. The van der Waals surface area contributed by atoms with Crippen LogP contribution >= 0.6 is 0 Å². The molecular weight excluding hydrogens is 296 g/mol. The molecule has 4 atom stereocenters. The van der Waals surface area contributed by atoms with Crippen molar-refractivity contribution in [1.29, 1.82) is 0 Å². The van der Waals surface area contributed by atoms with Gasteiger partial charge in [0.15, 0.2) is 0 Å². The van der Waals surface area contributed by atoms with E-state index >= 15 is 0 Å². The summed E-state index contributed by atoms with van der Waals surface area (Å²) in [5, 5.41) is 3.47. The van der Waals surface area contributed by atoms with Crippen LogP contribution in [0.1, 0.15) is 53.9 Å². The van der Waals surface area contributed by atoms with Gasteiger partial charge in [-0.2, -0.15) is 0 Å². The lowest BCUT2D eigenvalue weighted by Crippen LogP contribution is -2.57. The number of ether oxygens (including phenoxy) is 1. The van der Waals surface area contributed by atoms with E-state index in [1.807, 2.05) is 20.8 Å². The van der Waals surface area contributed by atoms with E-state index < -0.39 is 11.4 Å². The summed E-state index contributed by atoms with van der Waals surface area (Å²) in [6.07, 6.45) is 3.64. The predicted molar refractivity (Wildman–Crippen MR) is 91.0 cm³/mol. The van der Waals surface area contributed by atoms with Gasteiger partial charge in [0.25, 0.3) is 0 Å². The smallest absolute Gasteiger partial charge is 0.136 e. The largest absolute Gasteiger partial charge is 0.598 e. The third-order valence-corrected chi connectivity index (χ3v) is 7.06. The van der Waals surface area contributed by atoms with E-state index in [1.165, 1.54) is 11.1 Å². The Morgan fingerprint density at radius 1 is 1.32 bits per heavy atom. The molecular formula is C17H30N2O2S. The first-order valence-electron chi connectivity index (χ1n) is 8.48. The zero-order valence-corrected chi connectivity index (χ0v) is 15.3. The Labute approximate surface area is 137 Å². The van der Waals surface area contributed by atoms with Crippen LogP contribution in [0.4, 0.5) is 0 Å². The van der Waals surface area contributed by atoms with Crippen molar-refractivity contribution in [2.24, 2.45) is 5.41 Å². The number of allylic oxidation sites excluding steroid dienone is 1. The Morgan fingerprint density at radius 2 is 1.91 bits per heavy atom. The Bertz CT molecular complexity index is 466. The molecule has 2 unspecified atom stereocenters. The quantitative estimate of drug-likeness (QED) is 0.617. The van der Waals surface area contributed by atoms with Gasteiger partial charge in [-0.1, -0.05) is 5.57 Å². The van der Waals surface area contributed by atoms with Gasteiger partial charge in [0.1, 0.15) is 4.75 Å². The van der Waals surface area contributed by atoms with E-state index in [0.717, 1.165) is 32.4 Å². The highest BCUT2D eigenvalue weighted by atomic mass is 32.2. The predicted octanol–water partition coefficient (Wildman–Crippen LogP) is 2.28. The molecule has 0 saturated carbocycles. The van der Waals surface area contributed by atoms with Crippen molar-refractivity contribution in [3.8, 4) is 0 Å². The van der Waals surface area contributed by atoms with Crippen LogP contribution < -0.4 is 10.0 Å². The van der Waals surface area contributed by atoms with E-state index in [1.54, 1.807) is 0 Å². The lowest BCUT2D eigenvalue weighted by Gasteiger charge is -2.42. The first-order chi connectivity index (χ1) is 10.3. The molecule has 3 rings (SSSR count). The second kappa shape index (κ2) is 5.78. The maximum atomic E-state index is 12.7. The summed E-state index contributed by atoms with van der Waals surface area (Å²) in [6, 6.07) is 0.167. The molecule has 1 aliphatic carbocycles. The molecule has 0 amide bonds. The Kier molecular flexibility index (Phi) is 4.41. The van der Waals surface area contributed by atoms with Gasteiger partial charge in [-0.05, 0) is 72.5 Å². The molecule has 2 fully saturated rings. The minimum atomic E-state index is -1.06. The van der Waals surface area contributed by atoms with E-state index in [-0.39, 0.29) is 28.4 Å². The van der Waals surface area contributed by atoms with Crippen LogP contribution in [-0.4, -0.2) is 40.6 Å². The van der Waals surface area contributed by atoms with Crippen LogP contribution in [0, 0.1) is 5.41 Å². The van der Waals surface area contributed by atoms with Gasteiger partial charge in [-0.15, -0.1) is 4.72 Å². The van der Waals surface area contributed by atoms with E-state index in [2.05, 4.69) is 23.9 Å². The van der Waals surface area contributed by atoms with Crippen molar-refractivity contribution in [1.82, 2.24) is 10.0 Å². The van der Waals surface area contributed by atoms with Crippen LogP contribution in [0.25, 0.3) is 0 Å². The van der Waals surface area contributed by atoms with Gasteiger partial charge in [-0.3, -0.25) is 0 Å². The van der Waals surface area contributed by atoms with Crippen LogP contribution in [-0.2, 0) is 16.1 Å². The maximum absolute atomic E-state index is 12.7. The fourth-order valence-corrected chi connectivity index (χ4v) is 5.03. The summed E-state index contributed by atoms with van der Waals surface area (Å²) in [4.78, 5) is 0. The van der Waals surface area contributed by atoms with Crippen molar-refractivity contribution < 1.29 is 9.29 Å². The molecule has 1 spiro atoms. The summed E-state index contributed by atoms with van der Waals surface area (Å²) in [7, 11) is 0. The number of nitrogens with one attached hydrogen (secondary N) is 2. The van der Waals surface area contributed by atoms with E-state index in [4.69, 9.17) is 4.74 Å².